The van der Waals surface area contributed by atoms with Crippen molar-refractivity contribution >= 4 is 29.4 Å². The fraction of sp³-hybridized carbons (Fsp3) is 0.471. The molecule has 1 aliphatic heterocycles. The molecule has 0 aliphatic carbocycles. The lowest BCUT2D eigenvalue weighted by atomic mass is 10.2. The standard InChI is InChI=1S/C17H20ClFN2O4/c1-25-16(23)6-5-15(22)20-7-2-8-21(10-9-20)17(24)13-11-12(18)3-4-14(13)19/h3-4,11H,2,5-10H2,1H3. The van der Waals surface area contributed by atoms with E-state index in [0.29, 0.717) is 37.6 Å². The van der Waals surface area contributed by atoms with Crippen LogP contribution in [0.4, 0.5) is 4.39 Å². The number of ether oxygens (including phenoxy) is 1. The molecule has 1 fully saturated rings. The molecule has 0 saturated carbocycles. The lowest BCUT2D eigenvalue weighted by molar-refractivity contribution is -0.143. The van der Waals surface area contributed by atoms with Crippen LogP contribution < -0.4 is 0 Å². The first kappa shape index (κ1) is 19.2. The van der Waals surface area contributed by atoms with Crippen molar-refractivity contribution in [3.8, 4) is 0 Å². The molecule has 0 radical (unpaired) electrons. The number of halogens is 2. The van der Waals surface area contributed by atoms with Gasteiger partial charge in [-0.15, -0.1) is 0 Å². The Bertz CT molecular complexity index is 668. The Balaban J connectivity index is 1.96. The van der Waals surface area contributed by atoms with E-state index in [-0.39, 0.29) is 24.3 Å². The molecular weight excluding hydrogens is 351 g/mol. The first-order valence-corrected chi connectivity index (χ1v) is 8.39. The number of esters is 1. The molecule has 8 heteroatoms. The third-order valence-corrected chi connectivity index (χ3v) is 4.30. The lowest BCUT2D eigenvalue weighted by Crippen LogP contribution is -2.37. The number of methoxy groups -OCH3 is 1. The van der Waals surface area contributed by atoms with E-state index in [2.05, 4.69) is 4.74 Å². The van der Waals surface area contributed by atoms with Gasteiger partial charge >= 0.3 is 5.97 Å². The Morgan fingerprint density at radius 1 is 1.12 bits per heavy atom. The summed E-state index contributed by atoms with van der Waals surface area (Å²) in [5.74, 6) is -1.65. The summed E-state index contributed by atoms with van der Waals surface area (Å²) in [5, 5.41) is 0.291. The van der Waals surface area contributed by atoms with Crippen LogP contribution in [0.2, 0.25) is 5.02 Å². The van der Waals surface area contributed by atoms with Gasteiger partial charge < -0.3 is 14.5 Å². The lowest BCUT2D eigenvalue weighted by Gasteiger charge is -2.22. The number of rotatable bonds is 4. The molecule has 1 heterocycles. The minimum atomic E-state index is -0.621. The van der Waals surface area contributed by atoms with Crippen molar-refractivity contribution in [3.05, 3.63) is 34.6 Å². The topological polar surface area (TPSA) is 66.9 Å². The second-order valence-corrected chi connectivity index (χ2v) is 6.16. The maximum Gasteiger partial charge on any atom is 0.306 e. The Hall–Kier alpha value is -2.15. The van der Waals surface area contributed by atoms with Crippen LogP contribution in [0.3, 0.4) is 0 Å². The molecule has 1 aliphatic rings. The summed E-state index contributed by atoms with van der Waals surface area (Å²) in [7, 11) is 1.28. The molecule has 2 rings (SSSR count). The Morgan fingerprint density at radius 3 is 2.52 bits per heavy atom. The highest BCUT2D eigenvalue weighted by Crippen LogP contribution is 2.18. The number of carbonyl (C=O) groups is 3. The van der Waals surface area contributed by atoms with Crippen molar-refractivity contribution in [1.29, 1.82) is 0 Å². The van der Waals surface area contributed by atoms with Gasteiger partial charge in [0.2, 0.25) is 5.91 Å². The zero-order valence-electron chi connectivity index (χ0n) is 14.0. The van der Waals surface area contributed by atoms with Crippen LogP contribution in [-0.2, 0) is 14.3 Å². The molecule has 0 aromatic heterocycles. The van der Waals surface area contributed by atoms with Crippen molar-refractivity contribution < 1.29 is 23.5 Å². The highest BCUT2D eigenvalue weighted by molar-refractivity contribution is 6.31. The highest BCUT2D eigenvalue weighted by Gasteiger charge is 2.24. The average molecular weight is 371 g/mol. The molecule has 1 saturated heterocycles. The Kier molecular flexibility index (Phi) is 6.75. The minimum absolute atomic E-state index is 0.0300. The third-order valence-electron chi connectivity index (χ3n) is 4.07. The highest BCUT2D eigenvalue weighted by atomic mass is 35.5. The second-order valence-electron chi connectivity index (χ2n) is 5.73. The molecular formula is C17H20ClFN2O4. The Morgan fingerprint density at radius 2 is 1.80 bits per heavy atom. The fourth-order valence-corrected chi connectivity index (χ4v) is 2.84. The molecule has 136 valence electrons. The fourth-order valence-electron chi connectivity index (χ4n) is 2.67. The monoisotopic (exact) mass is 370 g/mol. The summed E-state index contributed by atoms with van der Waals surface area (Å²) in [6.07, 6.45) is 0.684. The van der Waals surface area contributed by atoms with Gasteiger partial charge in [-0.2, -0.15) is 0 Å². The molecule has 0 bridgehead atoms. The van der Waals surface area contributed by atoms with Gasteiger partial charge in [0.25, 0.3) is 5.91 Å². The summed E-state index contributed by atoms with van der Waals surface area (Å²) < 4.78 is 18.4. The second kappa shape index (κ2) is 8.80. The first-order chi connectivity index (χ1) is 11.9. The summed E-state index contributed by atoms with van der Waals surface area (Å²) in [6, 6.07) is 3.86. The average Bonchev–Trinajstić information content (AvgIpc) is 2.87. The van der Waals surface area contributed by atoms with Crippen LogP contribution in [0.25, 0.3) is 0 Å². The van der Waals surface area contributed by atoms with Gasteiger partial charge in [-0.1, -0.05) is 11.6 Å². The van der Waals surface area contributed by atoms with Crippen LogP contribution >= 0.6 is 11.6 Å². The molecule has 0 unspecified atom stereocenters. The molecule has 2 amide bonds. The summed E-state index contributed by atoms with van der Waals surface area (Å²) >= 11 is 5.84. The van der Waals surface area contributed by atoms with Crippen LogP contribution in [0, 0.1) is 5.82 Å². The number of hydrogen-bond donors (Lipinski definition) is 0. The van der Waals surface area contributed by atoms with Gasteiger partial charge in [-0.05, 0) is 24.6 Å². The van der Waals surface area contributed by atoms with Crippen LogP contribution in [0.5, 0.6) is 0 Å². The number of nitrogens with zero attached hydrogens (tertiary/aromatic N) is 2. The van der Waals surface area contributed by atoms with E-state index in [1.54, 1.807) is 4.90 Å². The minimum Gasteiger partial charge on any atom is -0.469 e. The smallest absolute Gasteiger partial charge is 0.306 e. The normalized spacial score (nSPS) is 14.8. The summed E-state index contributed by atoms with van der Waals surface area (Å²) in [4.78, 5) is 38.9. The summed E-state index contributed by atoms with van der Waals surface area (Å²) in [5.41, 5.74) is -0.0713. The Labute approximate surface area is 150 Å². The molecule has 6 nitrogen and oxygen atoms in total. The van der Waals surface area contributed by atoms with E-state index in [9.17, 15) is 18.8 Å². The van der Waals surface area contributed by atoms with E-state index < -0.39 is 17.7 Å². The SMILES string of the molecule is COC(=O)CCC(=O)N1CCCN(C(=O)c2cc(Cl)ccc2F)CC1. The number of benzene rings is 1. The van der Waals surface area contributed by atoms with Gasteiger partial charge in [-0.25, -0.2) is 4.39 Å². The first-order valence-electron chi connectivity index (χ1n) is 8.01. The van der Waals surface area contributed by atoms with Gasteiger partial charge in [0.1, 0.15) is 5.82 Å². The van der Waals surface area contributed by atoms with E-state index >= 15 is 0 Å². The van der Waals surface area contributed by atoms with Crippen molar-refractivity contribution in [2.24, 2.45) is 0 Å². The molecule has 0 atom stereocenters. The zero-order valence-corrected chi connectivity index (χ0v) is 14.7. The van der Waals surface area contributed by atoms with Gasteiger partial charge in [0.15, 0.2) is 0 Å². The van der Waals surface area contributed by atoms with Crippen molar-refractivity contribution in [2.75, 3.05) is 33.3 Å². The predicted molar refractivity (Wildman–Crippen MR) is 89.8 cm³/mol. The van der Waals surface area contributed by atoms with Crippen LogP contribution in [0.15, 0.2) is 18.2 Å². The van der Waals surface area contributed by atoms with Crippen LogP contribution in [-0.4, -0.2) is 60.9 Å². The molecule has 0 N–H and O–H groups in total. The third kappa shape index (κ3) is 5.16. The number of hydrogen-bond acceptors (Lipinski definition) is 4. The van der Waals surface area contributed by atoms with E-state index in [4.69, 9.17) is 11.6 Å². The molecule has 25 heavy (non-hydrogen) atoms. The van der Waals surface area contributed by atoms with Crippen molar-refractivity contribution in [1.82, 2.24) is 9.80 Å². The number of carbonyl (C=O) groups excluding carboxylic acids is 3. The van der Waals surface area contributed by atoms with Gasteiger partial charge in [-0.3, -0.25) is 14.4 Å². The largest absolute Gasteiger partial charge is 0.469 e. The molecule has 1 aromatic carbocycles. The van der Waals surface area contributed by atoms with E-state index in [1.165, 1.54) is 24.1 Å². The number of amides is 2. The van der Waals surface area contributed by atoms with Crippen molar-refractivity contribution in [2.45, 2.75) is 19.3 Å². The molecule has 1 aromatic rings. The van der Waals surface area contributed by atoms with Crippen molar-refractivity contribution in [3.63, 3.8) is 0 Å². The van der Waals surface area contributed by atoms with Crippen LogP contribution in [0.1, 0.15) is 29.6 Å². The molecule has 0 spiro atoms. The maximum atomic E-state index is 13.9. The van der Waals surface area contributed by atoms with E-state index in [1.807, 2.05) is 0 Å². The predicted octanol–water partition coefficient (Wildman–Crippen LogP) is 2.11. The summed E-state index contributed by atoms with van der Waals surface area (Å²) in [6.45, 7) is 1.55. The van der Waals surface area contributed by atoms with E-state index in [0.717, 1.165) is 6.07 Å². The quantitative estimate of drug-likeness (QED) is 0.761. The van der Waals surface area contributed by atoms with Gasteiger partial charge in [0, 0.05) is 37.6 Å². The zero-order chi connectivity index (χ0) is 18.4. The maximum absolute atomic E-state index is 13.9. The van der Waals surface area contributed by atoms with Gasteiger partial charge in [0.05, 0.1) is 19.1 Å².